The number of hydrogen-bond acceptors (Lipinski definition) is 4. The molecule has 0 unspecified atom stereocenters. The number of aromatic nitrogens is 3. The van der Waals surface area contributed by atoms with Crippen molar-refractivity contribution in [2.45, 2.75) is 25.4 Å². The second kappa shape index (κ2) is 3.43. The van der Waals surface area contributed by atoms with Crippen molar-refractivity contribution in [2.24, 2.45) is 11.7 Å². The zero-order valence-electron chi connectivity index (χ0n) is 7.43. The Hall–Kier alpha value is -0.940. The minimum absolute atomic E-state index is 0.287. The van der Waals surface area contributed by atoms with Gasteiger partial charge in [0.1, 0.15) is 0 Å². The van der Waals surface area contributed by atoms with E-state index >= 15 is 0 Å². The van der Waals surface area contributed by atoms with E-state index in [1.54, 1.807) is 0 Å². The van der Waals surface area contributed by atoms with E-state index in [1.165, 1.54) is 0 Å². The van der Waals surface area contributed by atoms with Crippen LogP contribution in [0.3, 0.4) is 0 Å². The molecule has 1 saturated carbocycles. The second-order valence-corrected chi connectivity index (χ2v) is 3.57. The summed E-state index contributed by atoms with van der Waals surface area (Å²) in [5.74, 6) is 0.454. The van der Waals surface area contributed by atoms with Gasteiger partial charge in [0.05, 0.1) is 17.9 Å². The third-order valence-corrected chi connectivity index (χ3v) is 2.61. The second-order valence-electron chi connectivity index (χ2n) is 3.57. The van der Waals surface area contributed by atoms with Crippen molar-refractivity contribution in [1.82, 2.24) is 15.0 Å². The van der Waals surface area contributed by atoms with Crippen LogP contribution in [0.5, 0.6) is 0 Å². The molecule has 0 aromatic carbocycles. The Morgan fingerprint density at radius 1 is 1.62 bits per heavy atom. The van der Waals surface area contributed by atoms with Gasteiger partial charge in [0, 0.05) is 13.2 Å². The van der Waals surface area contributed by atoms with E-state index in [4.69, 9.17) is 10.8 Å². The molecule has 0 aliphatic heterocycles. The van der Waals surface area contributed by atoms with Crippen LogP contribution in [0.4, 0.5) is 0 Å². The van der Waals surface area contributed by atoms with Crippen molar-refractivity contribution < 1.29 is 5.11 Å². The Labute approximate surface area is 76.5 Å². The van der Waals surface area contributed by atoms with Crippen LogP contribution in [-0.4, -0.2) is 26.7 Å². The van der Waals surface area contributed by atoms with Crippen molar-refractivity contribution in [3.05, 3.63) is 11.9 Å². The van der Waals surface area contributed by atoms with E-state index in [-0.39, 0.29) is 6.61 Å². The monoisotopic (exact) mass is 182 g/mol. The summed E-state index contributed by atoms with van der Waals surface area (Å²) in [5, 5.41) is 16.7. The molecule has 1 aliphatic rings. The third-order valence-electron chi connectivity index (χ3n) is 2.61. The first-order valence-electron chi connectivity index (χ1n) is 4.55. The zero-order chi connectivity index (χ0) is 9.26. The van der Waals surface area contributed by atoms with E-state index in [0.29, 0.717) is 18.5 Å². The average Bonchev–Trinajstić information content (AvgIpc) is 2.51. The fraction of sp³-hybridized carbons (Fsp3) is 0.750. The van der Waals surface area contributed by atoms with Crippen LogP contribution < -0.4 is 5.73 Å². The summed E-state index contributed by atoms with van der Waals surface area (Å²) in [6, 6.07) is 0.421. The van der Waals surface area contributed by atoms with Gasteiger partial charge in [-0.1, -0.05) is 5.21 Å². The standard InChI is InChI=1S/C8H14N4O/c9-3-7-4-12(11-10-7)8-1-6(2-8)5-13/h4,6,8,13H,1-3,5,9H2. The Bertz CT molecular complexity index is 279. The van der Waals surface area contributed by atoms with Gasteiger partial charge in [-0.3, -0.25) is 0 Å². The number of rotatable bonds is 3. The van der Waals surface area contributed by atoms with E-state index in [9.17, 15) is 0 Å². The fourth-order valence-corrected chi connectivity index (χ4v) is 1.65. The first-order valence-corrected chi connectivity index (χ1v) is 4.55. The summed E-state index contributed by atoms with van der Waals surface area (Å²) < 4.78 is 1.86. The average molecular weight is 182 g/mol. The molecule has 0 saturated heterocycles. The molecule has 5 heteroatoms. The van der Waals surface area contributed by atoms with Gasteiger partial charge in [-0.2, -0.15) is 0 Å². The molecule has 5 nitrogen and oxygen atoms in total. The van der Waals surface area contributed by atoms with Crippen LogP contribution in [0.2, 0.25) is 0 Å². The summed E-state index contributed by atoms with van der Waals surface area (Å²) in [7, 11) is 0. The van der Waals surface area contributed by atoms with E-state index < -0.39 is 0 Å². The molecule has 1 aromatic heterocycles. The Balaban J connectivity index is 1.95. The summed E-state index contributed by atoms with van der Waals surface area (Å²) in [5.41, 5.74) is 6.25. The van der Waals surface area contributed by atoms with Gasteiger partial charge in [-0.15, -0.1) is 5.10 Å². The summed E-state index contributed by atoms with van der Waals surface area (Å²) in [4.78, 5) is 0. The number of nitrogens with two attached hydrogens (primary N) is 1. The molecule has 1 fully saturated rings. The predicted molar refractivity (Wildman–Crippen MR) is 46.8 cm³/mol. The first kappa shape index (κ1) is 8.65. The maximum atomic E-state index is 8.84. The highest BCUT2D eigenvalue weighted by Gasteiger charge is 2.30. The molecule has 0 spiro atoms. The van der Waals surface area contributed by atoms with Crippen LogP contribution >= 0.6 is 0 Å². The minimum atomic E-state index is 0.287. The van der Waals surface area contributed by atoms with Crippen molar-refractivity contribution in [2.75, 3.05) is 6.61 Å². The van der Waals surface area contributed by atoms with Gasteiger partial charge in [-0.25, -0.2) is 4.68 Å². The summed E-state index contributed by atoms with van der Waals surface area (Å²) in [6.45, 7) is 0.727. The summed E-state index contributed by atoms with van der Waals surface area (Å²) in [6.07, 6.45) is 3.89. The van der Waals surface area contributed by atoms with Gasteiger partial charge < -0.3 is 10.8 Å². The highest BCUT2D eigenvalue weighted by atomic mass is 16.3. The molecule has 0 atom stereocenters. The van der Waals surface area contributed by atoms with E-state index in [1.807, 2.05) is 10.9 Å². The molecule has 1 heterocycles. The van der Waals surface area contributed by atoms with Crippen LogP contribution in [0.15, 0.2) is 6.20 Å². The highest BCUT2D eigenvalue weighted by Crippen LogP contribution is 2.36. The third kappa shape index (κ3) is 1.57. The highest BCUT2D eigenvalue weighted by molar-refractivity contribution is 4.94. The molecule has 0 bridgehead atoms. The maximum Gasteiger partial charge on any atom is 0.0962 e. The van der Waals surface area contributed by atoms with Gasteiger partial charge in [0.15, 0.2) is 0 Å². The molecule has 13 heavy (non-hydrogen) atoms. The lowest BCUT2D eigenvalue weighted by Crippen LogP contribution is -2.29. The van der Waals surface area contributed by atoms with Crippen molar-refractivity contribution in [3.63, 3.8) is 0 Å². The summed E-state index contributed by atoms with van der Waals surface area (Å²) >= 11 is 0. The number of aliphatic hydroxyl groups excluding tert-OH is 1. The molecule has 72 valence electrons. The largest absolute Gasteiger partial charge is 0.396 e. The van der Waals surface area contributed by atoms with E-state index in [0.717, 1.165) is 18.5 Å². The van der Waals surface area contributed by atoms with Gasteiger partial charge in [-0.05, 0) is 18.8 Å². The predicted octanol–water partition coefficient (Wildman–Crippen LogP) is -0.320. The van der Waals surface area contributed by atoms with Gasteiger partial charge >= 0.3 is 0 Å². The molecule has 2 rings (SSSR count). The van der Waals surface area contributed by atoms with E-state index in [2.05, 4.69) is 10.3 Å². The molecular weight excluding hydrogens is 168 g/mol. The molecule has 1 aromatic rings. The van der Waals surface area contributed by atoms with Crippen LogP contribution in [0.25, 0.3) is 0 Å². The van der Waals surface area contributed by atoms with Gasteiger partial charge in [0.2, 0.25) is 0 Å². The fourth-order valence-electron chi connectivity index (χ4n) is 1.65. The Morgan fingerprint density at radius 2 is 2.38 bits per heavy atom. The van der Waals surface area contributed by atoms with Crippen LogP contribution in [0.1, 0.15) is 24.6 Å². The maximum absolute atomic E-state index is 8.84. The lowest BCUT2D eigenvalue weighted by molar-refractivity contribution is 0.104. The number of hydrogen-bond donors (Lipinski definition) is 2. The van der Waals surface area contributed by atoms with Crippen LogP contribution in [0, 0.1) is 5.92 Å². The first-order chi connectivity index (χ1) is 6.33. The quantitative estimate of drug-likeness (QED) is 0.671. The van der Waals surface area contributed by atoms with Crippen LogP contribution in [-0.2, 0) is 6.54 Å². The topological polar surface area (TPSA) is 77.0 Å². The Kier molecular flexibility index (Phi) is 2.28. The molecular formula is C8H14N4O. The lowest BCUT2D eigenvalue weighted by atomic mass is 9.81. The number of nitrogens with zero attached hydrogens (tertiary/aromatic N) is 3. The SMILES string of the molecule is NCc1cn(C2CC(CO)C2)nn1. The smallest absolute Gasteiger partial charge is 0.0962 e. The van der Waals surface area contributed by atoms with Crippen molar-refractivity contribution in [1.29, 1.82) is 0 Å². The number of aliphatic hydroxyl groups is 1. The molecule has 0 amide bonds. The minimum Gasteiger partial charge on any atom is -0.396 e. The molecule has 1 aliphatic carbocycles. The van der Waals surface area contributed by atoms with Crippen molar-refractivity contribution >= 4 is 0 Å². The van der Waals surface area contributed by atoms with Gasteiger partial charge in [0.25, 0.3) is 0 Å². The lowest BCUT2D eigenvalue weighted by Gasteiger charge is -2.33. The normalized spacial score (nSPS) is 27.2. The molecule has 3 N–H and O–H groups in total. The zero-order valence-corrected chi connectivity index (χ0v) is 7.43. The van der Waals surface area contributed by atoms with Crippen molar-refractivity contribution in [3.8, 4) is 0 Å². The Morgan fingerprint density at radius 3 is 2.92 bits per heavy atom. The molecule has 0 radical (unpaired) electrons.